The molecule has 0 aliphatic carbocycles. The highest BCUT2D eigenvalue weighted by Gasteiger charge is 2.37. The first-order valence-electron chi connectivity index (χ1n) is 7.04. The van der Waals surface area contributed by atoms with Gasteiger partial charge in [0, 0.05) is 66.3 Å². The zero-order valence-electron chi connectivity index (χ0n) is 14.5. The average Bonchev–Trinajstić information content (AvgIpc) is 2.58. The van der Waals surface area contributed by atoms with Gasteiger partial charge in [0.05, 0.1) is 0 Å². The van der Waals surface area contributed by atoms with E-state index in [-0.39, 0.29) is 0 Å². The van der Waals surface area contributed by atoms with Crippen LogP contribution >= 0.6 is 23.5 Å². The van der Waals surface area contributed by atoms with Gasteiger partial charge in [-0.1, -0.05) is 0 Å². The predicted octanol–water partition coefficient (Wildman–Crippen LogP) is 2.21. The van der Waals surface area contributed by atoms with Crippen LogP contribution in [0, 0.1) is 0 Å². The van der Waals surface area contributed by atoms with Crippen molar-refractivity contribution in [3.63, 3.8) is 0 Å². The van der Waals surface area contributed by atoms with Crippen molar-refractivity contribution >= 4 is 41.1 Å². The largest absolute Gasteiger partial charge is 0.500 e. The van der Waals surface area contributed by atoms with Gasteiger partial charge in [-0.3, -0.25) is 0 Å². The highest BCUT2D eigenvalue weighted by atomic mass is 32.2. The Bertz CT molecular complexity index is 225. The first-order valence-corrected chi connectivity index (χ1v) is 13.2. The maximum atomic E-state index is 5.39. The molecule has 0 aliphatic heterocycles. The summed E-state index contributed by atoms with van der Waals surface area (Å²) in [7, 11) is 5.09. The van der Waals surface area contributed by atoms with Gasteiger partial charge in [0.25, 0.3) is 0 Å². The minimum absolute atomic E-state index is 0.832. The van der Waals surface area contributed by atoms with Gasteiger partial charge in [0.1, 0.15) is 0 Å². The third-order valence-electron chi connectivity index (χ3n) is 3.34. The van der Waals surface area contributed by atoms with Crippen molar-refractivity contribution in [1.82, 2.24) is 0 Å². The van der Waals surface area contributed by atoms with Crippen molar-refractivity contribution in [3.05, 3.63) is 0 Å². The second kappa shape index (κ2) is 13.2. The predicted molar refractivity (Wildman–Crippen MR) is 97.8 cm³/mol. The zero-order valence-corrected chi connectivity index (χ0v) is 18.1. The van der Waals surface area contributed by atoms with E-state index < -0.39 is 17.6 Å². The van der Waals surface area contributed by atoms with Crippen LogP contribution in [0.3, 0.4) is 0 Å². The van der Waals surface area contributed by atoms with Crippen LogP contribution in [-0.4, -0.2) is 83.3 Å². The molecule has 0 fully saturated rings. The molecular weight excluding hydrogens is 360 g/mol. The minimum atomic E-state index is -2.40. The third kappa shape index (κ3) is 8.13. The fourth-order valence-corrected chi connectivity index (χ4v) is 8.56. The Kier molecular flexibility index (Phi) is 13.8. The molecule has 0 bridgehead atoms. The Morgan fingerprint density at radius 2 is 0.773 bits per heavy atom. The van der Waals surface area contributed by atoms with Crippen LogP contribution in [0.2, 0.25) is 12.1 Å². The maximum absolute atomic E-state index is 5.39. The molecular formula is C12H30O6S2Si2. The van der Waals surface area contributed by atoms with Crippen molar-refractivity contribution < 1.29 is 26.6 Å². The van der Waals surface area contributed by atoms with Gasteiger partial charge in [-0.15, -0.1) is 0 Å². The third-order valence-corrected chi connectivity index (χ3v) is 11.8. The van der Waals surface area contributed by atoms with Gasteiger partial charge in [0.15, 0.2) is 0 Å². The second-order valence-electron chi connectivity index (χ2n) is 4.32. The van der Waals surface area contributed by atoms with Gasteiger partial charge in [0.2, 0.25) is 0 Å². The molecule has 0 saturated heterocycles. The van der Waals surface area contributed by atoms with Gasteiger partial charge in [-0.2, -0.15) is 23.5 Å². The molecule has 0 aromatic rings. The number of rotatable bonds is 15. The number of hydrogen-bond donors (Lipinski definition) is 0. The molecule has 0 rings (SSSR count). The molecule has 0 aromatic heterocycles. The molecule has 10 heteroatoms. The molecule has 0 spiro atoms. The van der Waals surface area contributed by atoms with Crippen LogP contribution in [0.4, 0.5) is 0 Å². The van der Waals surface area contributed by atoms with Crippen LogP contribution in [0.25, 0.3) is 0 Å². The smallest absolute Gasteiger partial charge is 0.377 e. The Morgan fingerprint density at radius 3 is 1.00 bits per heavy atom. The van der Waals surface area contributed by atoms with Gasteiger partial charge in [-0.25, -0.2) is 0 Å². The Morgan fingerprint density at radius 1 is 0.500 bits per heavy atom. The molecule has 0 N–H and O–H groups in total. The van der Waals surface area contributed by atoms with Gasteiger partial charge in [-0.05, 0) is 11.5 Å². The lowest BCUT2D eigenvalue weighted by atomic mass is 10.9. The second-order valence-corrected chi connectivity index (χ2v) is 12.9. The zero-order chi connectivity index (χ0) is 16.9. The van der Waals surface area contributed by atoms with Crippen molar-refractivity contribution in [1.29, 1.82) is 0 Å². The summed E-state index contributed by atoms with van der Waals surface area (Å²) in [6.45, 7) is 0. The lowest BCUT2D eigenvalue weighted by Gasteiger charge is -2.24. The molecule has 0 atom stereocenters. The molecule has 134 valence electrons. The lowest BCUT2D eigenvalue weighted by Crippen LogP contribution is -2.43. The Balaban J connectivity index is 3.70. The highest BCUT2D eigenvalue weighted by molar-refractivity contribution is 8.03. The summed E-state index contributed by atoms with van der Waals surface area (Å²) in [5.74, 6) is 4.14. The van der Waals surface area contributed by atoms with Gasteiger partial charge < -0.3 is 26.6 Å². The quantitative estimate of drug-likeness (QED) is 0.312. The summed E-state index contributed by atoms with van der Waals surface area (Å²) in [6.07, 6.45) is 0. The summed E-state index contributed by atoms with van der Waals surface area (Å²) in [6, 6.07) is 1.66. The molecule has 0 aromatic carbocycles. The summed E-state index contributed by atoms with van der Waals surface area (Å²) < 4.78 is 32.4. The SMILES string of the molecule is CO[Si](CCSCCSCC[Si](OC)(OC)OC)(OC)OC. The minimum Gasteiger partial charge on any atom is -0.377 e. The van der Waals surface area contributed by atoms with Crippen LogP contribution in [-0.2, 0) is 26.6 Å². The standard InChI is InChI=1S/C12H30O6S2Si2/c1-13-21(14-2,15-3)11-9-19-7-8-20-10-12-22(16-4,17-5)18-6/h7-12H2,1-6H3. The maximum Gasteiger partial charge on any atom is 0.500 e. The van der Waals surface area contributed by atoms with E-state index in [0.29, 0.717) is 0 Å². The van der Waals surface area contributed by atoms with Crippen molar-refractivity contribution in [2.24, 2.45) is 0 Å². The molecule has 6 nitrogen and oxygen atoms in total. The van der Waals surface area contributed by atoms with E-state index in [9.17, 15) is 0 Å². The first kappa shape index (κ1) is 22.9. The fourth-order valence-electron chi connectivity index (χ4n) is 1.83. The Hall–Kier alpha value is 0.894. The summed E-state index contributed by atoms with van der Waals surface area (Å²) >= 11 is 3.79. The number of thioether (sulfide) groups is 2. The van der Waals surface area contributed by atoms with Crippen LogP contribution in [0.5, 0.6) is 0 Å². The van der Waals surface area contributed by atoms with E-state index in [2.05, 4.69) is 0 Å². The monoisotopic (exact) mass is 390 g/mol. The van der Waals surface area contributed by atoms with E-state index in [1.807, 2.05) is 23.5 Å². The molecule has 0 unspecified atom stereocenters. The van der Waals surface area contributed by atoms with Crippen LogP contribution in [0.15, 0.2) is 0 Å². The summed E-state index contributed by atoms with van der Waals surface area (Å²) in [5.41, 5.74) is 0. The first-order chi connectivity index (χ1) is 10.6. The van der Waals surface area contributed by atoms with E-state index in [0.717, 1.165) is 35.1 Å². The summed E-state index contributed by atoms with van der Waals surface area (Å²) in [5, 5.41) is 0. The Labute approximate surface area is 145 Å². The molecule has 0 saturated carbocycles. The van der Waals surface area contributed by atoms with Gasteiger partial charge >= 0.3 is 17.6 Å². The molecule has 0 radical (unpaired) electrons. The molecule has 0 amide bonds. The average molecular weight is 391 g/mol. The highest BCUT2D eigenvalue weighted by Crippen LogP contribution is 2.19. The van der Waals surface area contributed by atoms with E-state index in [1.165, 1.54) is 0 Å². The topological polar surface area (TPSA) is 55.4 Å². The van der Waals surface area contributed by atoms with Crippen molar-refractivity contribution in [3.8, 4) is 0 Å². The number of hydrogen-bond acceptors (Lipinski definition) is 8. The van der Waals surface area contributed by atoms with Crippen molar-refractivity contribution in [2.75, 3.05) is 65.7 Å². The summed E-state index contributed by atoms with van der Waals surface area (Å²) in [4.78, 5) is 0. The lowest BCUT2D eigenvalue weighted by molar-refractivity contribution is 0.125. The molecule has 0 aliphatic rings. The van der Waals surface area contributed by atoms with Crippen LogP contribution < -0.4 is 0 Å². The van der Waals surface area contributed by atoms with Crippen molar-refractivity contribution in [2.45, 2.75) is 12.1 Å². The van der Waals surface area contributed by atoms with Crippen LogP contribution in [0.1, 0.15) is 0 Å². The molecule has 22 heavy (non-hydrogen) atoms. The van der Waals surface area contributed by atoms with E-state index in [1.54, 1.807) is 42.7 Å². The molecule has 0 heterocycles. The van der Waals surface area contributed by atoms with E-state index >= 15 is 0 Å². The fraction of sp³-hybridized carbons (Fsp3) is 1.00. The normalized spacial score (nSPS) is 12.8. The van der Waals surface area contributed by atoms with E-state index in [4.69, 9.17) is 26.6 Å².